The maximum atomic E-state index is 14.8. The third-order valence-corrected chi connectivity index (χ3v) is 3.06. The number of carbonyl (C=O) groups is 2. The Morgan fingerprint density at radius 2 is 1.22 bits per heavy atom. The minimum Gasteiger partial charge on any atom is -0.493 e. The maximum Gasteiger partial charge on any atom is 0.424 e. The average molecular weight is 391 g/mol. The zero-order valence-electron chi connectivity index (χ0n) is 16.6. The molecule has 1 rings (SSSR count). The summed E-state index contributed by atoms with van der Waals surface area (Å²) in [6, 6.07) is 0. The monoisotopic (exact) mass is 391 g/mol. The molecular weight excluding hydrogens is 367 g/mol. The summed E-state index contributed by atoms with van der Waals surface area (Å²) in [5, 5.41) is 0. The molecule has 2 amide bonds. The Kier molecular flexibility index (Phi) is 6.41. The highest BCUT2D eigenvalue weighted by molar-refractivity contribution is 6.09. The molecular formula is C18H24F3NO5. The molecule has 0 unspecified atom stereocenters. The van der Waals surface area contributed by atoms with Gasteiger partial charge in [-0.1, -0.05) is 0 Å². The van der Waals surface area contributed by atoms with Crippen molar-refractivity contribution < 1.29 is 37.0 Å². The van der Waals surface area contributed by atoms with Crippen LogP contribution in [0.15, 0.2) is 0 Å². The van der Waals surface area contributed by atoms with Gasteiger partial charge in [0.1, 0.15) is 16.9 Å². The van der Waals surface area contributed by atoms with Crippen LogP contribution in [0.3, 0.4) is 0 Å². The van der Waals surface area contributed by atoms with E-state index in [-0.39, 0.29) is 4.90 Å². The van der Waals surface area contributed by atoms with Gasteiger partial charge in [0.15, 0.2) is 17.4 Å². The average Bonchev–Trinajstić information content (AvgIpc) is 2.46. The summed E-state index contributed by atoms with van der Waals surface area (Å²) in [7, 11) is 1.03. The van der Waals surface area contributed by atoms with Crippen molar-refractivity contribution in [1.29, 1.82) is 0 Å². The van der Waals surface area contributed by atoms with E-state index in [1.807, 2.05) is 0 Å². The molecule has 0 fully saturated rings. The molecule has 0 aliphatic heterocycles. The molecule has 1 aromatic rings. The highest BCUT2D eigenvalue weighted by Gasteiger charge is 2.39. The number of amides is 2. The molecule has 0 N–H and O–H groups in total. The third-order valence-electron chi connectivity index (χ3n) is 3.06. The van der Waals surface area contributed by atoms with Crippen molar-refractivity contribution in [3.63, 3.8) is 0 Å². The van der Waals surface area contributed by atoms with Crippen LogP contribution in [0.25, 0.3) is 0 Å². The van der Waals surface area contributed by atoms with E-state index >= 15 is 0 Å². The van der Waals surface area contributed by atoms with Gasteiger partial charge in [-0.15, -0.1) is 0 Å². The van der Waals surface area contributed by atoms with Crippen molar-refractivity contribution in [3.8, 4) is 5.75 Å². The largest absolute Gasteiger partial charge is 0.493 e. The highest BCUT2D eigenvalue weighted by atomic mass is 19.2. The van der Waals surface area contributed by atoms with E-state index in [1.165, 1.54) is 41.5 Å². The van der Waals surface area contributed by atoms with E-state index in [2.05, 4.69) is 4.74 Å². The zero-order chi connectivity index (χ0) is 21.3. The second-order valence-electron chi connectivity index (χ2n) is 7.74. The van der Waals surface area contributed by atoms with E-state index in [1.54, 1.807) is 0 Å². The Balaban J connectivity index is 3.66. The Labute approximate surface area is 156 Å². The summed E-state index contributed by atoms with van der Waals surface area (Å²) in [4.78, 5) is 25.0. The Morgan fingerprint density at radius 3 is 1.56 bits per heavy atom. The quantitative estimate of drug-likeness (QED) is 0.657. The Morgan fingerprint density at radius 1 is 0.815 bits per heavy atom. The number of halogens is 3. The molecule has 6 nitrogen and oxygen atoms in total. The van der Waals surface area contributed by atoms with Crippen molar-refractivity contribution in [2.24, 2.45) is 0 Å². The number of methoxy groups -OCH3 is 1. The molecule has 0 spiro atoms. The van der Waals surface area contributed by atoms with E-state index in [0.29, 0.717) is 0 Å². The number of carbonyl (C=O) groups excluding carboxylic acids is 2. The normalized spacial score (nSPS) is 11.8. The van der Waals surface area contributed by atoms with Crippen molar-refractivity contribution in [2.75, 3.05) is 12.0 Å². The second-order valence-corrected chi connectivity index (χ2v) is 7.74. The van der Waals surface area contributed by atoms with Gasteiger partial charge in [0.2, 0.25) is 5.82 Å². The molecule has 1 aromatic carbocycles. The molecule has 0 saturated carbocycles. The number of nitrogens with zero attached hydrogens (tertiary/aromatic N) is 1. The lowest BCUT2D eigenvalue weighted by molar-refractivity contribution is 0.0426. The maximum absolute atomic E-state index is 14.8. The van der Waals surface area contributed by atoms with E-state index in [9.17, 15) is 22.8 Å². The van der Waals surface area contributed by atoms with Crippen LogP contribution < -0.4 is 9.64 Å². The molecule has 0 aliphatic rings. The molecule has 9 heteroatoms. The number of hydrogen-bond acceptors (Lipinski definition) is 5. The molecule has 0 heterocycles. The van der Waals surface area contributed by atoms with Crippen LogP contribution in [0.2, 0.25) is 0 Å². The lowest BCUT2D eigenvalue weighted by Crippen LogP contribution is -2.44. The summed E-state index contributed by atoms with van der Waals surface area (Å²) < 4.78 is 58.3. The number of rotatable bonds is 2. The first-order valence-electron chi connectivity index (χ1n) is 8.07. The van der Waals surface area contributed by atoms with Crippen molar-refractivity contribution >= 4 is 17.9 Å². The SMILES string of the molecule is COc1c(C)c(F)c(N(C(=O)OC(C)(C)C)C(=O)OC(C)(C)C)c(F)c1F. The van der Waals surface area contributed by atoms with E-state index in [0.717, 1.165) is 14.0 Å². The fraction of sp³-hybridized carbons (Fsp3) is 0.556. The van der Waals surface area contributed by atoms with Gasteiger partial charge in [-0.2, -0.15) is 9.29 Å². The summed E-state index contributed by atoms with van der Waals surface area (Å²) >= 11 is 0. The van der Waals surface area contributed by atoms with Crippen molar-refractivity contribution in [3.05, 3.63) is 23.0 Å². The standard InChI is InChI=1S/C18H24F3NO5/c1-9-10(19)13(11(20)12(21)14(9)25-8)22(15(23)26-17(2,3)4)16(24)27-18(5,6)7/h1-8H3. The van der Waals surface area contributed by atoms with Gasteiger partial charge in [0.05, 0.1) is 7.11 Å². The first kappa shape index (κ1) is 22.6. The second kappa shape index (κ2) is 7.66. The Bertz CT molecular complexity index is 694. The summed E-state index contributed by atoms with van der Waals surface area (Å²) in [5.74, 6) is -5.38. The van der Waals surface area contributed by atoms with Gasteiger partial charge < -0.3 is 14.2 Å². The van der Waals surface area contributed by atoms with Gasteiger partial charge in [-0.05, 0) is 48.5 Å². The highest BCUT2D eigenvalue weighted by Crippen LogP contribution is 2.37. The number of hydrogen-bond donors (Lipinski definition) is 0. The number of anilines is 1. The topological polar surface area (TPSA) is 65.1 Å². The molecule has 0 atom stereocenters. The molecule has 0 saturated heterocycles. The first-order chi connectivity index (χ1) is 12.1. The molecule has 0 radical (unpaired) electrons. The number of benzene rings is 1. The summed E-state index contributed by atoms with van der Waals surface area (Å²) in [6.45, 7) is 10.1. The third kappa shape index (κ3) is 5.27. The predicted octanol–water partition coefficient (Wildman–Crippen LogP) is 5.10. The zero-order valence-corrected chi connectivity index (χ0v) is 16.6. The van der Waals surface area contributed by atoms with Crippen LogP contribution >= 0.6 is 0 Å². The predicted molar refractivity (Wildman–Crippen MR) is 92.6 cm³/mol. The van der Waals surface area contributed by atoms with Crippen LogP contribution in [-0.2, 0) is 9.47 Å². The smallest absolute Gasteiger partial charge is 0.424 e. The van der Waals surface area contributed by atoms with Crippen LogP contribution in [0.5, 0.6) is 5.75 Å². The van der Waals surface area contributed by atoms with E-state index in [4.69, 9.17) is 9.47 Å². The van der Waals surface area contributed by atoms with Gasteiger partial charge >= 0.3 is 12.2 Å². The van der Waals surface area contributed by atoms with E-state index < -0.39 is 57.8 Å². The molecule has 0 aliphatic carbocycles. The van der Waals surface area contributed by atoms with Crippen LogP contribution in [0, 0.1) is 24.4 Å². The first-order valence-corrected chi connectivity index (χ1v) is 8.07. The lowest BCUT2D eigenvalue weighted by atomic mass is 10.1. The lowest BCUT2D eigenvalue weighted by Gasteiger charge is -2.29. The van der Waals surface area contributed by atoms with Crippen LogP contribution in [0.1, 0.15) is 47.1 Å². The Hall–Kier alpha value is -2.45. The molecule has 152 valence electrons. The minimum atomic E-state index is -1.79. The molecule has 0 bridgehead atoms. The number of ether oxygens (including phenoxy) is 3. The molecule has 0 aromatic heterocycles. The molecule has 27 heavy (non-hydrogen) atoms. The van der Waals surface area contributed by atoms with Gasteiger partial charge in [0, 0.05) is 5.56 Å². The minimum absolute atomic E-state index is 0.00329. The summed E-state index contributed by atoms with van der Waals surface area (Å²) in [6.07, 6.45) is -2.84. The van der Waals surface area contributed by atoms with Crippen LogP contribution in [0.4, 0.5) is 28.4 Å². The van der Waals surface area contributed by atoms with Crippen molar-refractivity contribution in [2.45, 2.75) is 59.7 Å². The van der Waals surface area contributed by atoms with Gasteiger partial charge in [0.25, 0.3) is 0 Å². The van der Waals surface area contributed by atoms with Crippen molar-refractivity contribution in [1.82, 2.24) is 0 Å². The van der Waals surface area contributed by atoms with Crippen LogP contribution in [-0.4, -0.2) is 30.5 Å². The summed E-state index contributed by atoms with van der Waals surface area (Å²) in [5.41, 5.74) is -3.85. The van der Waals surface area contributed by atoms with Gasteiger partial charge in [-0.3, -0.25) is 0 Å². The number of imide groups is 1. The fourth-order valence-corrected chi connectivity index (χ4v) is 2.05. The fourth-order valence-electron chi connectivity index (χ4n) is 2.05. The van der Waals surface area contributed by atoms with Gasteiger partial charge in [-0.25, -0.2) is 18.4 Å².